The van der Waals surface area contributed by atoms with Crippen LogP contribution in [-0.4, -0.2) is 42.8 Å². The monoisotopic (exact) mass is 484 g/mol. The summed E-state index contributed by atoms with van der Waals surface area (Å²) in [4.78, 5) is 38.0. The first-order chi connectivity index (χ1) is 17.1. The van der Waals surface area contributed by atoms with Crippen LogP contribution in [0.1, 0.15) is 32.0 Å². The van der Waals surface area contributed by atoms with E-state index in [1.54, 1.807) is 24.7 Å². The van der Waals surface area contributed by atoms with Gasteiger partial charge in [-0.1, -0.05) is 30.2 Å². The lowest BCUT2D eigenvalue weighted by molar-refractivity contribution is 0.512. The molecule has 10 nitrogen and oxygen atoms in total. The third kappa shape index (κ3) is 4.35. The number of rotatable bonds is 6. The number of anilines is 1. The minimum atomic E-state index is -0.550. The zero-order chi connectivity index (χ0) is 26.2. The van der Waals surface area contributed by atoms with Crippen LogP contribution in [0.4, 0.5) is 5.95 Å². The highest BCUT2D eigenvalue weighted by Crippen LogP contribution is 2.22. The summed E-state index contributed by atoms with van der Waals surface area (Å²) in [7, 11) is 3.40. The largest absolute Gasteiger partial charge is 0.343 e. The molecule has 0 fully saturated rings. The Morgan fingerprint density at radius 2 is 1.92 bits per heavy atom. The summed E-state index contributed by atoms with van der Waals surface area (Å²) < 4.78 is 4.13. The Labute approximate surface area is 208 Å². The summed E-state index contributed by atoms with van der Waals surface area (Å²) in [5.74, 6) is 6.33. The molecular formula is C26H28N8O2. The molecule has 3 heterocycles. The molecule has 0 aliphatic rings. The maximum absolute atomic E-state index is 13.8. The van der Waals surface area contributed by atoms with Gasteiger partial charge in [-0.25, -0.2) is 4.79 Å². The SMILES string of the molecule is CC#CCn1c(N(C)CC(C)(C)N)nc2c1c(=O)n(Cc1ncc3ccccc3c1C#N)c(=O)n2C. The molecule has 184 valence electrons. The summed E-state index contributed by atoms with van der Waals surface area (Å²) in [5.41, 5.74) is 5.80. The first-order valence-electron chi connectivity index (χ1n) is 11.4. The van der Waals surface area contributed by atoms with Gasteiger partial charge in [0.25, 0.3) is 5.56 Å². The van der Waals surface area contributed by atoms with E-state index in [9.17, 15) is 14.9 Å². The molecule has 0 bridgehead atoms. The number of nitrogens with zero attached hydrogens (tertiary/aromatic N) is 7. The van der Waals surface area contributed by atoms with Gasteiger partial charge in [-0.05, 0) is 20.8 Å². The number of nitriles is 1. The Morgan fingerprint density at radius 1 is 1.19 bits per heavy atom. The van der Waals surface area contributed by atoms with Crippen LogP contribution >= 0.6 is 0 Å². The average Bonchev–Trinajstić information content (AvgIpc) is 3.22. The summed E-state index contributed by atoms with van der Waals surface area (Å²) in [6, 6.07) is 9.56. The van der Waals surface area contributed by atoms with Gasteiger partial charge in [0.05, 0.1) is 24.3 Å². The highest BCUT2D eigenvalue weighted by Gasteiger charge is 2.25. The lowest BCUT2D eigenvalue weighted by atomic mass is 10.1. The second kappa shape index (κ2) is 9.33. The number of pyridine rings is 1. The van der Waals surface area contributed by atoms with Crippen molar-refractivity contribution in [2.75, 3.05) is 18.5 Å². The van der Waals surface area contributed by atoms with Crippen molar-refractivity contribution in [1.82, 2.24) is 23.7 Å². The maximum atomic E-state index is 13.8. The molecule has 0 spiro atoms. The van der Waals surface area contributed by atoms with E-state index in [4.69, 9.17) is 5.73 Å². The third-order valence-corrected chi connectivity index (χ3v) is 5.91. The highest BCUT2D eigenvalue weighted by molar-refractivity contribution is 5.87. The molecule has 4 aromatic rings. The number of nitrogens with two attached hydrogens (primary N) is 1. The number of aryl methyl sites for hydroxylation is 1. The molecule has 0 aliphatic heterocycles. The van der Waals surface area contributed by atoms with Crippen molar-refractivity contribution >= 4 is 27.9 Å². The minimum Gasteiger partial charge on any atom is -0.343 e. The smallest absolute Gasteiger partial charge is 0.332 e. The van der Waals surface area contributed by atoms with Gasteiger partial charge in [0, 0.05) is 43.1 Å². The molecule has 10 heteroatoms. The zero-order valence-corrected chi connectivity index (χ0v) is 21.0. The predicted molar refractivity (Wildman–Crippen MR) is 140 cm³/mol. The van der Waals surface area contributed by atoms with Gasteiger partial charge in [-0.3, -0.25) is 23.5 Å². The van der Waals surface area contributed by atoms with E-state index >= 15 is 0 Å². The van der Waals surface area contributed by atoms with Crippen LogP contribution in [0.3, 0.4) is 0 Å². The van der Waals surface area contributed by atoms with Crippen LogP contribution in [0.15, 0.2) is 40.1 Å². The molecule has 0 saturated heterocycles. The van der Waals surface area contributed by atoms with E-state index in [-0.39, 0.29) is 24.3 Å². The number of benzene rings is 1. The second-order valence-corrected chi connectivity index (χ2v) is 9.45. The van der Waals surface area contributed by atoms with E-state index in [0.717, 1.165) is 9.95 Å². The van der Waals surface area contributed by atoms with E-state index < -0.39 is 16.8 Å². The fourth-order valence-electron chi connectivity index (χ4n) is 4.38. The van der Waals surface area contributed by atoms with E-state index in [1.165, 1.54) is 4.57 Å². The molecule has 0 amide bonds. The standard InChI is InChI=1S/C26H28N8O2/c1-6-7-12-33-21-22(30-24(33)31(4)16-26(2,3)28)32(5)25(36)34(23(21)35)15-20-19(13-27)18-11-9-8-10-17(18)14-29-20/h8-11,14H,12,15-16,28H2,1-5H3. The topological polar surface area (TPSA) is 128 Å². The van der Waals surface area contributed by atoms with Gasteiger partial charge in [-0.2, -0.15) is 10.2 Å². The molecule has 0 atom stereocenters. The Balaban J connectivity index is 1.96. The van der Waals surface area contributed by atoms with Crippen molar-refractivity contribution in [1.29, 1.82) is 5.26 Å². The van der Waals surface area contributed by atoms with Crippen molar-refractivity contribution in [3.05, 3.63) is 62.6 Å². The van der Waals surface area contributed by atoms with E-state index in [1.807, 2.05) is 50.1 Å². The molecule has 0 aliphatic carbocycles. The predicted octanol–water partition coefficient (Wildman–Crippen LogP) is 1.56. The number of hydrogen-bond donors (Lipinski definition) is 1. The van der Waals surface area contributed by atoms with Crippen molar-refractivity contribution in [3.8, 4) is 17.9 Å². The molecule has 36 heavy (non-hydrogen) atoms. The minimum absolute atomic E-state index is 0.152. The van der Waals surface area contributed by atoms with E-state index in [0.29, 0.717) is 29.1 Å². The van der Waals surface area contributed by atoms with Gasteiger partial charge < -0.3 is 10.6 Å². The molecule has 1 aromatic carbocycles. The maximum Gasteiger partial charge on any atom is 0.332 e. The van der Waals surface area contributed by atoms with Crippen LogP contribution in [0.25, 0.3) is 21.9 Å². The van der Waals surface area contributed by atoms with Gasteiger partial charge >= 0.3 is 5.69 Å². The lowest BCUT2D eigenvalue weighted by Gasteiger charge is -2.27. The van der Waals surface area contributed by atoms with Gasteiger partial charge in [0.2, 0.25) is 5.95 Å². The van der Waals surface area contributed by atoms with Crippen LogP contribution < -0.4 is 21.9 Å². The number of aromatic nitrogens is 5. The van der Waals surface area contributed by atoms with Crippen molar-refractivity contribution in [2.45, 2.75) is 39.4 Å². The molecule has 2 N–H and O–H groups in total. The third-order valence-electron chi connectivity index (χ3n) is 5.91. The van der Waals surface area contributed by atoms with Crippen LogP contribution in [-0.2, 0) is 20.1 Å². The number of fused-ring (bicyclic) bond motifs is 2. The Hall–Kier alpha value is -4.41. The van der Waals surface area contributed by atoms with Crippen LogP contribution in [0, 0.1) is 23.2 Å². The molecular weight excluding hydrogens is 456 g/mol. The zero-order valence-electron chi connectivity index (χ0n) is 21.0. The normalized spacial score (nSPS) is 11.4. The first-order valence-corrected chi connectivity index (χ1v) is 11.4. The van der Waals surface area contributed by atoms with Gasteiger partial charge in [0.1, 0.15) is 6.07 Å². The fraction of sp³-hybridized carbons (Fsp3) is 0.346. The summed E-state index contributed by atoms with van der Waals surface area (Å²) in [6.45, 7) is 6.03. The number of hydrogen-bond acceptors (Lipinski definition) is 7. The Morgan fingerprint density at radius 3 is 2.58 bits per heavy atom. The molecule has 4 rings (SSSR count). The molecule has 0 saturated carbocycles. The second-order valence-electron chi connectivity index (χ2n) is 9.45. The average molecular weight is 485 g/mol. The molecule has 0 unspecified atom stereocenters. The van der Waals surface area contributed by atoms with Crippen LogP contribution in [0.2, 0.25) is 0 Å². The Bertz CT molecular complexity index is 1700. The first kappa shape index (κ1) is 24.7. The van der Waals surface area contributed by atoms with Gasteiger partial charge in [0.15, 0.2) is 11.2 Å². The summed E-state index contributed by atoms with van der Waals surface area (Å²) in [5, 5.41) is 11.4. The Kier molecular flexibility index (Phi) is 6.40. The molecule has 0 radical (unpaired) electrons. The van der Waals surface area contributed by atoms with Gasteiger partial charge in [-0.15, -0.1) is 5.92 Å². The van der Waals surface area contributed by atoms with Crippen molar-refractivity contribution in [3.63, 3.8) is 0 Å². The quantitative estimate of drug-likeness (QED) is 0.411. The van der Waals surface area contributed by atoms with Crippen molar-refractivity contribution < 1.29 is 0 Å². The van der Waals surface area contributed by atoms with Crippen molar-refractivity contribution in [2.24, 2.45) is 12.8 Å². The molecule has 3 aromatic heterocycles. The highest BCUT2D eigenvalue weighted by atomic mass is 16.2. The summed E-state index contributed by atoms with van der Waals surface area (Å²) >= 11 is 0. The van der Waals surface area contributed by atoms with Crippen LogP contribution in [0.5, 0.6) is 0 Å². The number of imidazole rings is 1. The lowest BCUT2D eigenvalue weighted by Crippen LogP contribution is -2.44. The summed E-state index contributed by atoms with van der Waals surface area (Å²) in [6.07, 6.45) is 1.64. The van der Waals surface area contributed by atoms with E-state index in [2.05, 4.69) is 27.9 Å². The fourth-order valence-corrected chi connectivity index (χ4v) is 4.38. The number of likely N-dealkylation sites (N-methyl/N-ethyl adjacent to an activating group) is 1.